The summed E-state index contributed by atoms with van der Waals surface area (Å²) in [6.07, 6.45) is 6.25. The first kappa shape index (κ1) is 21.8. The molecule has 0 spiro atoms. The van der Waals surface area contributed by atoms with Crippen molar-refractivity contribution in [1.29, 1.82) is 0 Å². The monoisotopic (exact) mass is 432 g/mol. The molecule has 3 aromatic rings. The summed E-state index contributed by atoms with van der Waals surface area (Å²) in [5.74, 6) is 0.454. The van der Waals surface area contributed by atoms with Crippen LogP contribution >= 0.6 is 0 Å². The second-order valence-corrected chi connectivity index (χ2v) is 8.07. The highest BCUT2D eigenvalue weighted by molar-refractivity contribution is 5.70. The molecular formula is C25H28N4O3. The van der Waals surface area contributed by atoms with Gasteiger partial charge in [-0.3, -0.25) is 4.79 Å². The highest BCUT2D eigenvalue weighted by atomic mass is 16.5. The third-order valence-electron chi connectivity index (χ3n) is 5.86. The van der Waals surface area contributed by atoms with Crippen LogP contribution in [-0.2, 0) is 11.2 Å². The molecule has 0 saturated carbocycles. The molecule has 2 heterocycles. The van der Waals surface area contributed by atoms with E-state index >= 15 is 0 Å². The van der Waals surface area contributed by atoms with E-state index in [9.17, 15) is 9.90 Å². The summed E-state index contributed by atoms with van der Waals surface area (Å²) in [6, 6.07) is 16.0. The van der Waals surface area contributed by atoms with Gasteiger partial charge in [0.25, 0.3) is 0 Å². The van der Waals surface area contributed by atoms with Crippen molar-refractivity contribution in [2.24, 2.45) is 5.92 Å². The van der Waals surface area contributed by atoms with Gasteiger partial charge in [0.15, 0.2) is 0 Å². The number of carboxylic acid groups (broad SMARTS) is 1. The molecular weight excluding hydrogens is 404 g/mol. The molecule has 1 atom stereocenters. The van der Waals surface area contributed by atoms with E-state index < -0.39 is 5.97 Å². The van der Waals surface area contributed by atoms with Crippen LogP contribution in [-0.4, -0.2) is 52.7 Å². The van der Waals surface area contributed by atoms with Crippen LogP contribution in [0, 0.1) is 5.92 Å². The van der Waals surface area contributed by atoms with Gasteiger partial charge in [0, 0.05) is 36.7 Å². The average molecular weight is 433 g/mol. The fraction of sp³-hybridized carbons (Fsp3) is 0.320. The molecule has 166 valence electrons. The number of hydrogen-bond donors (Lipinski definition) is 2. The van der Waals surface area contributed by atoms with Gasteiger partial charge in [-0.25, -0.2) is 9.97 Å². The fourth-order valence-corrected chi connectivity index (χ4v) is 3.96. The molecule has 0 aliphatic carbocycles. The minimum atomic E-state index is -0.677. The summed E-state index contributed by atoms with van der Waals surface area (Å²) in [5.41, 5.74) is 4.13. The minimum absolute atomic E-state index is 0.230. The number of likely N-dealkylation sites (tertiary alicyclic amines) is 1. The number of carbonyl (C=O) groups is 1. The van der Waals surface area contributed by atoms with Gasteiger partial charge in [0.05, 0.1) is 13.0 Å². The van der Waals surface area contributed by atoms with E-state index in [1.165, 1.54) is 5.56 Å². The largest absolute Gasteiger partial charge is 0.497 e. The topological polar surface area (TPSA) is 87.6 Å². The predicted molar refractivity (Wildman–Crippen MR) is 124 cm³/mol. The molecule has 32 heavy (non-hydrogen) atoms. The second kappa shape index (κ2) is 10.2. The van der Waals surface area contributed by atoms with Crippen molar-refractivity contribution >= 4 is 17.6 Å². The normalized spacial score (nSPS) is 16.5. The van der Waals surface area contributed by atoms with Crippen LogP contribution in [0.2, 0.25) is 0 Å². The lowest BCUT2D eigenvalue weighted by atomic mass is 9.98. The van der Waals surface area contributed by atoms with Crippen LogP contribution < -0.4 is 10.1 Å². The first-order valence-corrected chi connectivity index (χ1v) is 10.9. The Labute approximate surface area is 188 Å². The summed E-state index contributed by atoms with van der Waals surface area (Å²) >= 11 is 0. The van der Waals surface area contributed by atoms with Gasteiger partial charge >= 0.3 is 5.97 Å². The van der Waals surface area contributed by atoms with Crippen LogP contribution in [0.5, 0.6) is 5.75 Å². The van der Waals surface area contributed by atoms with Crippen molar-refractivity contribution in [1.82, 2.24) is 14.9 Å². The average Bonchev–Trinajstić information content (AvgIpc) is 2.84. The van der Waals surface area contributed by atoms with Crippen molar-refractivity contribution < 1.29 is 14.6 Å². The van der Waals surface area contributed by atoms with Crippen LogP contribution in [0.3, 0.4) is 0 Å². The molecule has 7 heteroatoms. The fourth-order valence-electron chi connectivity index (χ4n) is 3.96. The van der Waals surface area contributed by atoms with E-state index in [2.05, 4.69) is 32.3 Å². The van der Waals surface area contributed by atoms with Crippen LogP contribution in [0.1, 0.15) is 18.4 Å². The maximum absolute atomic E-state index is 11.2. The third kappa shape index (κ3) is 5.62. The number of ether oxygens (including phenoxy) is 1. The molecule has 7 nitrogen and oxygen atoms in total. The third-order valence-corrected chi connectivity index (χ3v) is 5.86. The molecule has 2 N–H and O–H groups in total. The van der Waals surface area contributed by atoms with E-state index in [4.69, 9.17) is 4.74 Å². The standard InChI is InChI=1S/C25H28N4O3/c1-32-23-10-6-19(7-11-23)21-15-26-25(27-16-21)28-22-8-4-18(5-9-22)12-14-29-13-2-3-20(17-29)24(30)31/h4-11,15-16,20H,2-3,12-14,17H2,1H3,(H,30,31)(H,26,27,28)/t20-/m1/s1. The number of piperidine rings is 1. The number of aromatic nitrogens is 2. The summed E-state index contributed by atoms with van der Waals surface area (Å²) in [7, 11) is 1.65. The summed E-state index contributed by atoms with van der Waals surface area (Å²) in [5, 5.41) is 12.5. The van der Waals surface area contributed by atoms with Crippen LogP contribution in [0.15, 0.2) is 60.9 Å². The van der Waals surface area contributed by atoms with Gasteiger partial charge in [-0.15, -0.1) is 0 Å². The number of anilines is 2. The van der Waals surface area contributed by atoms with E-state index in [0.717, 1.165) is 54.9 Å². The van der Waals surface area contributed by atoms with Gasteiger partial charge in [0.1, 0.15) is 5.75 Å². The highest BCUT2D eigenvalue weighted by Gasteiger charge is 2.24. The van der Waals surface area contributed by atoms with E-state index in [1.807, 2.05) is 36.4 Å². The summed E-state index contributed by atoms with van der Waals surface area (Å²) in [6.45, 7) is 2.51. The van der Waals surface area contributed by atoms with Crippen molar-refractivity contribution in [3.8, 4) is 16.9 Å². The summed E-state index contributed by atoms with van der Waals surface area (Å²) in [4.78, 5) is 22.3. The van der Waals surface area contributed by atoms with Gasteiger partial charge in [-0.1, -0.05) is 24.3 Å². The molecule has 0 unspecified atom stereocenters. The SMILES string of the molecule is COc1ccc(-c2cnc(Nc3ccc(CCN4CCC[C@@H](C(=O)O)C4)cc3)nc2)cc1. The van der Waals surface area contributed by atoms with Gasteiger partial charge in [-0.05, 0) is 61.2 Å². The van der Waals surface area contributed by atoms with Gasteiger partial charge < -0.3 is 20.1 Å². The molecule has 1 aliphatic heterocycles. The molecule has 1 saturated heterocycles. The second-order valence-electron chi connectivity index (χ2n) is 8.07. The zero-order valence-electron chi connectivity index (χ0n) is 18.2. The Kier molecular flexibility index (Phi) is 6.97. The number of aliphatic carboxylic acids is 1. The number of carboxylic acids is 1. The zero-order chi connectivity index (χ0) is 22.3. The number of methoxy groups -OCH3 is 1. The molecule has 0 bridgehead atoms. The highest BCUT2D eigenvalue weighted by Crippen LogP contribution is 2.22. The van der Waals surface area contributed by atoms with Crippen LogP contribution in [0.25, 0.3) is 11.1 Å². The van der Waals surface area contributed by atoms with E-state index in [0.29, 0.717) is 12.5 Å². The predicted octanol–water partition coefficient (Wildman–Crippen LogP) is 4.23. The first-order chi connectivity index (χ1) is 15.6. The molecule has 2 aromatic carbocycles. The Balaban J connectivity index is 1.30. The van der Waals surface area contributed by atoms with Crippen molar-refractivity contribution in [2.45, 2.75) is 19.3 Å². The van der Waals surface area contributed by atoms with E-state index in [-0.39, 0.29) is 5.92 Å². The molecule has 0 radical (unpaired) electrons. The van der Waals surface area contributed by atoms with Crippen molar-refractivity contribution in [2.75, 3.05) is 32.1 Å². The number of rotatable bonds is 8. The summed E-state index contributed by atoms with van der Waals surface area (Å²) < 4.78 is 5.19. The first-order valence-electron chi connectivity index (χ1n) is 10.9. The maximum atomic E-state index is 11.2. The number of nitrogens with one attached hydrogen (secondary N) is 1. The smallest absolute Gasteiger partial charge is 0.307 e. The molecule has 4 rings (SSSR count). The lowest BCUT2D eigenvalue weighted by Gasteiger charge is -2.30. The van der Waals surface area contributed by atoms with E-state index in [1.54, 1.807) is 19.5 Å². The molecule has 1 fully saturated rings. The lowest BCUT2D eigenvalue weighted by Crippen LogP contribution is -2.39. The number of benzene rings is 2. The quantitative estimate of drug-likeness (QED) is 0.551. The molecule has 0 amide bonds. The molecule has 1 aromatic heterocycles. The molecule has 1 aliphatic rings. The Morgan fingerprint density at radius 1 is 1.09 bits per heavy atom. The van der Waals surface area contributed by atoms with Gasteiger partial charge in [0.2, 0.25) is 5.95 Å². The van der Waals surface area contributed by atoms with Gasteiger partial charge in [-0.2, -0.15) is 0 Å². The number of hydrogen-bond acceptors (Lipinski definition) is 6. The maximum Gasteiger partial charge on any atom is 0.307 e. The Morgan fingerprint density at radius 2 is 1.81 bits per heavy atom. The van der Waals surface area contributed by atoms with Crippen molar-refractivity contribution in [3.05, 3.63) is 66.5 Å². The lowest BCUT2D eigenvalue weighted by molar-refractivity contribution is -0.143. The zero-order valence-corrected chi connectivity index (χ0v) is 18.2. The van der Waals surface area contributed by atoms with Crippen molar-refractivity contribution in [3.63, 3.8) is 0 Å². The minimum Gasteiger partial charge on any atom is -0.497 e. The Morgan fingerprint density at radius 3 is 2.47 bits per heavy atom. The Bertz CT molecular complexity index is 1020. The van der Waals surface area contributed by atoms with Crippen LogP contribution in [0.4, 0.5) is 11.6 Å². The number of nitrogens with zero attached hydrogens (tertiary/aromatic N) is 3. The Hall–Kier alpha value is -3.45.